The molecule has 4 heterocycles. The van der Waals surface area contributed by atoms with Crippen molar-refractivity contribution in [3.05, 3.63) is 30.6 Å². The Morgan fingerprint density at radius 2 is 1.79 bits per heavy atom. The monoisotopic (exact) mass is 381 g/mol. The average Bonchev–Trinajstić information content (AvgIpc) is 3.18. The van der Waals surface area contributed by atoms with E-state index in [1.54, 1.807) is 12.1 Å². The molecule has 0 bridgehead atoms. The molecule has 0 aliphatic carbocycles. The second-order valence-electron chi connectivity index (χ2n) is 7.19. The average molecular weight is 381 g/mol. The fourth-order valence-electron chi connectivity index (χ4n) is 3.89. The summed E-state index contributed by atoms with van der Waals surface area (Å²) in [6.07, 6.45) is 3.76. The fraction of sp³-hybridized carbons (Fsp3) is 0.450. The molecular formula is C20H23N5O3. The predicted octanol–water partition coefficient (Wildman–Crippen LogP) is 2.39. The molecule has 0 spiro atoms. The van der Waals surface area contributed by atoms with Crippen LogP contribution in [0.25, 0.3) is 22.4 Å². The summed E-state index contributed by atoms with van der Waals surface area (Å²) in [5, 5.41) is 9.96. The van der Waals surface area contributed by atoms with Crippen LogP contribution in [0.5, 0.6) is 5.75 Å². The SMILES string of the molecule is Oc1cccc(-c2nc(N3CCOCC3)nc3c2ncn3C2CCOCC2)c1. The van der Waals surface area contributed by atoms with Crippen molar-refractivity contribution in [2.75, 3.05) is 44.4 Å². The maximum Gasteiger partial charge on any atom is 0.228 e. The Labute approximate surface area is 162 Å². The maximum atomic E-state index is 9.96. The molecule has 146 valence electrons. The number of hydrogen-bond donors (Lipinski definition) is 1. The minimum Gasteiger partial charge on any atom is -0.508 e. The van der Waals surface area contributed by atoms with Crippen LogP contribution in [0.1, 0.15) is 18.9 Å². The Bertz CT molecular complexity index is 977. The van der Waals surface area contributed by atoms with E-state index in [2.05, 4.69) is 14.5 Å². The number of ether oxygens (including phenoxy) is 2. The van der Waals surface area contributed by atoms with E-state index in [4.69, 9.17) is 19.4 Å². The molecule has 2 fully saturated rings. The summed E-state index contributed by atoms with van der Waals surface area (Å²) < 4.78 is 13.2. The molecule has 0 saturated carbocycles. The van der Waals surface area contributed by atoms with Gasteiger partial charge in [-0.15, -0.1) is 0 Å². The van der Waals surface area contributed by atoms with E-state index in [0.717, 1.165) is 61.6 Å². The van der Waals surface area contributed by atoms with Crippen molar-refractivity contribution in [3.8, 4) is 17.0 Å². The van der Waals surface area contributed by atoms with E-state index in [9.17, 15) is 5.11 Å². The number of morpholine rings is 1. The highest BCUT2D eigenvalue weighted by atomic mass is 16.5. The molecule has 8 nitrogen and oxygen atoms in total. The van der Waals surface area contributed by atoms with E-state index in [-0.39, 0.29) is 5.75 Å². The summed E-state index contributed by atoms with van der Waals surface area (Å²) in [5.74, 6) is 0.893. The second kappa shape index (κ2) is 7.37. The van der Waals surface area contributed by atoms with Gasteiger partial charge in [0.15, 0.2) is 5.65 Å². The van der Waals surface area contributed by atoms with Crippen LogP contribution in [-0.4, -0.2) is 64.1 Å². The summed E-state index contributed by atoms with van der Waals surface area (Å²) in [5.41, 5.74) is 3.17. The fourth-order valence-corrected chi connectivity index (χ4v) is 3.89. The van der Waals surface area contributed by atoms with E-state index in [1.165, 1.54) is 0 Å². The number of aromatic nitrogens is 4. The van der Waals surface area contributed by atoms with Crippen LogP contribution < -0.4 is 4.90 Å². The molecule has 2 aliphatic heterocycles. The third-order valence-electron chi connectivity index (χ3n) is 5.41. The lowest BCUT2D eigenvalue weighted by Crippen LogP contribution is -2.37. The molecule has 2 aliphatic rings. The number of phenols is 1. The predicted molar refractivity (Wildman–Crippen MR) is 105 cm³/mol. The van der Waals surface area contributed by atoms with Crippen LogP contribution in [0.2, 0.25) is 0 Å². The Morgan fingerprint density at radius 3 is 2.57 bits per heavy atom. The topological polar surface area (TPSA) is 85.5 Å². The van der Waals surface area contributed by atoms with Crippen molar-refractivity contribution in [3.63, 3.8) is 0 Å². The zero-order chi connectivity index (χ0) is 18.9. The van der Waals surface area contributed by atoms with Gasteiger partial charge in [-0.2, -0.15) is 4.98 Å². The van der Waals surface area contributed by atoms with Gasteiger partial charge in [-0.25, -0.2) is 9.97 Å². The summed E-state index contributed by atoms with van der Waals surface area (Å²) in [6, 6.07) is 7.47. The van der Waals surface area contributed by atoms with Crippen LogP contribution in [0.3, 0.4) is 0 Å². The molecule has 2 aromatic heterocycles. The molecule has 0 radical (unpaired) electrons. The normalized spacial score (nSPS) is 18.6. The number of phenolic OH excluding ortho intramolecular Hbond substituents is 1. The van der Waals surface area contributed by atoms with Crippen LogP contribution in [-0.2, 0) is 9.47 Å². The number of nitrogens with zero attached hydrogens (tertiary/aromatic N) is 5. The van der Waals surface area contributed by atoms with Crippen LogP contribution in [0.4, 0.5) is 5.95 Å². The van der Waals surface area contributed by atoms with E-state index in [0.29, 0.717) is 25.2 Å². The van der Waals surface area contributed by atoms with Crippen LogP contribution in [0.15, 0.2) is 30.6 Å². The Hall–Kier alpha value is -2.71. The zero-order valence-electron chi connectivity index (χ0n) is 15.6. The molecule has 0 unspecified atom stereocenters. The first-order valence-corrected chi connectivity index (χ1v) is 9.74. The molecule has 1 aromatic carbocycles. The highest BCUT2D eigenvalue weighted by Gasteiger charge is 2.23. The minimum atomic E-state index is 0.209. The lowest BCUT2D eigenvalue weighted by atomic mass is 10.1. The third kappa shape index (κ3) is 3.18. The standard InChI is InChI=1S/C20H23N5O3/c26-16-3-1-2-14(12-16)17-18-19(23-20(22-17)24-6-10-28-11-7-24)25(13-21-18)15-4-8-27-9-5-15/h1-3,12-13,15,26H,4-11H2. The van der Waals surface area contributed by atoms with Gasteiger partial charge in [0.2, 0.25) is 5.95 Å². The highest BCUT2D eigenvalue weighted by molar-refractivity contribution is 5.88. The lowest BCUT2D eigenvalue weighted by Gasteiger charge is -2.27. The van der Waals surface area contributed by atoms with Crippen molar-refractivity contribution < 1.29 is 14.6 Å². The maximum absolute atomic E-state index is 9.96. The van der Waals surface area contributed by atoms with Gasteiger partial charge >= 0.3 is 0 Å². The summed E-state index contributed by atoms with van der Waals surface area (Å²) in [7, 11) is 0. The van der Waals surface area contributed by atoms with Gasteiger partial charge in [0.1, 0.15) is 17.0 Å². The van der Waals surface area contributed by atoms with Gasteiger partial charge in [-0.3, -0.25) is 0 Å². The minimum absolute atomic E-state index is 0.209. The molecule has 0 atom stereocenters. The molecule has 2 saturated heterocycles. The van der Waals surface area contributed by atoms with Crippen molar-refractivity contribution in [1.82, 2.24) is 19.5 Å². The number of anilines is 1. The Morgan fingerprint density at radius 1 is 1.00 bits per heavy atom. The summed E-state index contributed by atoms with van der Waals surface area (Å²) in [6.45, 7) is 4.37. The van der Waals surface area contributed by atoms with Crippen molar-refractivity contribution in [2.24, 2.45) is 0 Å². The van der Waals surface area contributed by atoms with Gasteiger partial charge in [0, 0.05) is 37.9 Å². The Kier molecular flexibility index (Phi) is 4.58. The number of aromatic hydroxyl groups is 1. The number of hydrogen-bond acceptors (Lipinski definition) is 7. The summed E-state index contributed by atoms with van der Waals surface area (Å²) in [4.78, 5) is 16.5. The lowest BCUT2D eigenvalue weighted by molar-refractivity contribution is 0.0704. The van der Waals surface area contributed by atoms with Crippen molar-refractivity contribution >= 4 is 17.1 Å². The zero-order valence-corrected chi connectivity index (χ0v) is 15.6. The highest BCUT2D eigenvalue weighted by Crippen LogP contribution is 2.32. The first kappa shape index (κ1) is 17.4. The molecule has 1 N–H and O–H groups in total. The van der Waals surface area contributed by atoms with E-state index >= 15 is 0 Å². The van der Waals surface area contributed by atoms with Crippen LogP contribution in [0, 0.1) is 0 Å². The first-order valence-electron chi connectivity index (χ1n) is 9.74. The molecule has 5 rings (SSSR count). The van der Waals surface area contributed by atoms with E-state index in [1.807, 2.05) is 18.5 Å². The molecule has 0 amide bonds. The van der Waals surface area contributed by atoms with Crippen molar-refractivity contribution in [1.29, 1.82) is 0 Å². The molecule has 8 heteroatoms. The summed E-state index contributed by atoms with van der Waals surface area (Å²) >= 11 is 0. The molecular weight excluding hydrogens is 358 g/mol. The molecule has 3 aromatic rings. The second-order valence-corrected chi connectivity index (χ2v) is 7.19. The van der Waals surface area contributed by atoms with Gasteiger partial charge in [-0.05, 0) is 25.0 Å². The quantitative estimate of drug-likeness (QED) is 0.745. The van der Waals surface area contributed by atoms with Crippen LogP contribution >= 0.6 is 0 Å². The van der Waals surface area contributed by atoms with Gasteiger partial charge in [0.25, 0.3) is 0 Å². The van der Waals surface area contributed by atoms with E-state index < -0.39 is 0 Å². The third-order valence-corrected chi connectivity index (χ3v) is 5.41. The van der Waals surface area contributed by atoms with Gasteiger partial charge in [-0.1, -0.05) is 12.1 Å². The first-order chi connectivity index (χ1) is 13.8. The van der Waals surface area contributed by atoms with Gasteiger partial charge in [0.05, 0.1) is 19.5 Å². The number of rotatable bonds is 3. The molecule has 28 heavy (non-hydrogen) atoms. The largest absolute Gasteiger partial charge is 0.508 e. The smallest absolute Gasteiger partial charge is 0.228 e. The number of imidazole rings is 1. The van der Waals surface area contributed by atoms with Crippen molar-refractivity contribution in [2.45, 2.75) is 18.9 Å². The van der Waals surface area contributed by atoms with Gasteiger partial charge < -0.3 is 24.0 Å². The number of benzene rings is 1. The Balaban J connectivity index is 1.67. The number of fused-ring (bicyclic) bond motifs is 1.